The molecule has 7 nitrogen and oxygen atoms in total. The van der Waals surface area contributed by atoms with E-state index in [0.717, 1.165) is 0 Å². The number of benzene rings is 1. The molecular formula is C10H8N4O3. The molecule has 1 aromatic heterocycles. The maximum atomic E-state index is 11.0. The normalized spacial score (nSPS) is 10.1. The molecule has 1 aromatic carbocycles. The van der Waals surface area contributed by atoms with Gasteiger partial charge in [-0.2, -0.15) is 5.10 Å². The van der Waals surface area contributed by atoms with Gasteiger partial charge in [0.1, 0.15) is 5.69 Å². The molecule has 0 spiro atoms. The second kappa shape index (κ2) is 4.05. The van der Waals surface area contributed by atoms with E-state index in [1.165, 1.54) is 29.1 Å². The van der Waals surface area contributed by atoms with E-state index in [-0.39, 0.29) is 16.9 Å². The number of nitro groups is 1. The highest BCUT2D eigenvalue weighted by molar-refractivity contribution is 5.93. The van der Waals surface area contributed by atoms with Crippen LogP contribution in [0.25, 0.3) is 5.69 Å². The summed E-state index contributed by atoms with van der Waals surface area (Å²) >= 11 is 0. The molecular weight excluding hydrogens is 224 g/mol. The predicted octanol–water partition coefficient (Wildman–Crippen LogP) is 0.879. The van der Waals surface area contributed by atoms with Gasteiger partial charge in [0, 0.05) is 24.0 Å². The maximum absolute atomic E-state index is 11.0. The Balaban J connectivity index is 2.64. The lowest BCUT2D eigenvalue weighted by atomic mass is 10.1. The lowest BCUT2D eigenvalue weighted by Crippen LogP contribution is -2.12. The van der Waals surface area contributed by atoms with E-state index in [0.29, 0.717) is 0 Å². The van der Waals surface area contributed by atoms with E-state index in [2.05, 4.69) is 5.10 Å². The first kappa shape index (κ1) is 10.8. The molecule has 0 aliphatic heterocycles. The summed E-state index contributed by atoms with van der Waals surface area (Å²) < 4.78 is 1.31. The van der Waals surface area contributed by atoms with Crippen LogP contribution in [0.15, 0.2) is 36.7 Å². The number of hydrogen-bond donors (Lipinski definition) is 1. The highest BCUT2D eigenvalue weighted by atomic mass is 16.6. The van der Waals surface area contributed by atoms with Gasteiger partial charge >= 0.3 is 0 Å². The van der Waals surface area contributed by atoms with E-state index in [1.807, 2.05) is 0 Å². The second-order valence-electron chi connectivity index (χ2n) is 3.28. The van der Waals surface area contributed by atoms with Crippen LogP contribution in [0.2, 0.25) is 0 Å². The molecule has 0 saturated carbocycles. The van der Waals surface area contributed by atoms with Gasteiger partial charge in [-0.05, 0) is 18.2 Å². The van der Waals surface area contributed by atoms with Crippen molar-refractivity contribution in [3.05, 3.63) is 52.3 Å². The number of hydrogen-bond acceptors (Lipinski definition) is 4. The third kappa shape index (κ3) is 1.98. The predicted molar refractivity (Wildman–Crippen MR) is 58.7 cm³/mol. The molecule has 0 bridgehead atoms. The molecule has 7 heteroatoms. The van der Waals surface area contributed by atoms with Crippen molar-refractivity contribution in [1.82, 2.24) is 9.78 Å². The third-order valence-corrected chi connectivity index (χ3v) is 2.21. The number of aromatic nitrogens is 2. The summed E-state index contributed by atoms with van der Waals surface area (Å²) in [6, 6.07) is 5.51. The summed E-state index contributed by atoms with van der Waals surface area (Å²) in [7, 11) is 0. The molecule has 0 radical (unpaired) electrons. The Kier molecular flexibility index (Phi) is 2.57. The summed E-state index contributed by atoms with van der Waals surface area (Å²) in [5, 5.41) is 14.7. The van der Waals surface area contributed by atoms with Crippen LogP contribution in [-0.2, 0) is 0 Å². The molecule has 2 rings (SSSR count). The van der Waals surface area contributed by atoms with E-state index in [9.17, 15) is 14.9 Å². The maximum Gasteiger partial charge on any atom is 0.294 e. The van der Waals surface area contributed by atoms with Crippen molar-refractivity contribution in [2.24, 2.45) is 5.73 Å². The number of rotatable bonds is 3. The number of primary amides is 1. The molecule has 1 amide bonds. The summed E-state index contributed by atoms with van der Waals surface area (Å²) in [4.78, 5) is 21.3. The fourth-order valence-corrected chi connectivity index (χ4v) is 1.43. The molecule has 0 saturated heterocycles. The molecule has 0 fully saturated rings. The van der Waals surface area contributed by atoms with Gasteiger partial charge in [0.25, 0.3) is 5.69 Å². The molecule has 86 valence electrons. The standard InChI is InChI=1S/C10H8N4O3/c11-10(15)7-2-3-8(14(16)17)9(6-7)13-5-1-4-12-13/h1-6H,(H2,11,15). The molecule has 0 aliphatic carbocycles. The van der Waals surface area contributed by atoms with Crippen molar-refractivity contribution in [2.45, 2.75) is 0 Å². The zero-order valence-corrected chi connectivity index (χ0v) is 8.61. The summed E-state index contributed by atoms with van der Waals surface area (Å²) in [6.07, 6.45) is 3.04. The zero-order chi connectivity index (χ0) is 12.4. The minimum atomic E-state index is -0.645. The lowest BCUT2D eigenvalue weighted by Gasteiger charge is -2.04. The van der Waals surface area contributed by atoms with Crippen LogP contribution in [0, 0.1) is 10.1 Å². The Morgan fingerprint density at radius 2 is 2.24 bits per heavy atom. The van der Waals surface area contributed by atoms with E-state index >= 15 is 0 Å². The van der Waals surface area contributed by atoms with Crippen molar-refractivity contribution in [3.8, 4) is 5.69 Å². The van der Waals surface area contributed by atoms with Gasteiger partial charge in [-0.25, -0.2) is 4.68 Å². The van der Waals surface area contributed by atoms with Crippen molar-refractivity contribution in [3.63, 3.8) is 0 Å². The Morgan fingerprint density at radius 1 is 1.47 bits per heavy atom. The van der Waals surface area contributed by atoms with Gasteiger partial charge in [-0.15, -0.1) is 0 Å². The molecule has 0 atom stereocenters. The van der Waals surface area contributed by atoms with Crippen LogP contribution in [0.3, 0.4) is 0 Å². The average molecular weight is 232 g/mol. The molecule has 0 unspecified atom stereocenters. The molecule has 2 N–H and O–H groups in total. The fourth-order valence-electron chi connectivity index (χ4n) is 1.43. The largest absolute Gasteiger partial charge is 0.366 e. The molecule has 1 heterocycles. The Bertz CT molecular complexity index is 577. The van der Waals surface area contributed by atoms with Crippen molar-refractivity contribution < 1.29 is 9.72 Å². The first-order valence-corrected chi connectivity index (χ1v) is 4.68. The van der Waals surface area contributed by atoms with Crippen molar-refractivity contribution in [1.29, 1.82) is 0 Å². The van der Waals surface area contributed by atoms with Crippen molar-refractivity contribution in [2.75, 3.05) is 0 Å². The first-order chi connectivity index (χ1) is 8.09. The van der Waals surface area contributed by atoms with Crippen LogP contribution < -0.4 is 5.73 Å². The number of amides is 1. The highest BCUT2D eigenvalue weighted by Gasteiger charge is 2.17. The van der Waals surface area contributed by atoms with Crippen LogP contribution in [0.5, 0.6) is 0 Å². The van der Waals surface area contributed by atoms with Crippen molar-refractivity contribution >= 4 is 11.6 Å². The number of nitro benzene ring substituents is 1. The Hall–Kier alpha value is -2.70. The summed E-state index contributed by atoms with van der Waals surface area (Å²) in [5.74, 6) is -0.645. The smallest absolute Gasteiger partial charge is 0.294 e. The first-order valence-electron chi connectivity index (χ1n) is 4.68. The van der Waals surface area contributed by atoms with Crippen LogP contribution in [0.1, 0.15) is 10.4 Å². The molecule has 0 aliphatic rings. The van der Waals surface area contributed by atoms with E-state index < -0.39 is 10.8 Å². The lowest BCUT2D eigenvalue weighted by molar-refractivity contribution is -0.384. The second-order valence-corrected chi connectivity index (χ2v) is 3.28. The number of carbonyl (C=O) groups excluding carboxylic acids is 1. The Labute approximate surface area is 95.6 Å². The number of nitrogens with zero attached hydrogens (tertiary/aromatic N) is 3. The summed E-state index contributed by atoms with van der Waals surface area (Å²) in [5.41, 5.74) is 5.38. The highest BCUT2D eigenvalue weighted by Crippen LogP contribution is 2.23. The average Bonchev–Trinajstić information content (AvgIpc) is 2.81. The van der Waals surface area contributed by atoms with Gasteiger partial charge in [0.15, 0.2) is 0 Å². The van der Waals surface area contributed by atoms with Gasteiger partial charge in [0.2, 0.25) is 5.91 Å². The minimum absolute atomic E-state index is 0.140. The van der Waals surface area contributed by atoms with Crippen LogP contribution in [0.4, 0.5) is 5.69 Å². The SMILES string of the molecule is NC(=O)c1ccc([N+](=O)[O-])c(-n2cccn2)c1. The Morgan fingerprint density at radius 3 is 2.76 bits per heavy atom. The number of nitrogens with two attached hydrogens (primary N) is 1. The number of carbonyl (C=O) groups is 1. The van der Waals surface area contributed by atoms with E-state index in [1.54, 1.807) is 12.3 Å². The van der Waals surface area contributed by atoms with Gasteiger partial charge in [-0.3, -0.25) is 14.9 Å². The third-order valence-electron chi connectivity index (χ3n) is 2.21. The van der Waals surface area contributed by atoms with E-state index in [4.69, 9.17) is 5.73 Å². The molecule has 17 heavy (non-hydrogen) atoms. The van der Waals surface area contributed by atoms with Gasteiger partial charge < -0.3 is 5.73 Å². The molecule has 2 aromatic rings. The van der Waals surface area contributed by atoms with Gasteiger partial charge in [0.05, 0.1) is 4.92 Å². The summed E-state index contributed by atoms with van der Waals surface area (Å²) in [6.45, 7) is 0. The van der Waals surface area contributed by atoms with Crippen LogP contribution >= 0.6 is 0 Å². The van der Waals surface area contributed by atoms with Crippen LogP contribution in [-0.4, -0.2) is 20.6 Å². The fraction of sp³-hybridized carbons (Fsp3) is 0. The topological polar surface area (TPSA) is 104 Å². The quantitative estimate of drug-likeness (QED) is 0.626. The monoisotopic (exact) mass is 232 g/mol. The minimum Gasteiger partial charge on any atom is -0.366 e. The zero-order valence-electron chi connectivity index (χ0n) is 8.61. The van der Waals surface area contributed by atoms with Gasteiger partial charge in [-0.1, -0.05) is 0 Å².